The van der Waals surface area contributed by atoms with Crippen LogP contribution < -0.4 is 0 Å². The number of aromatic hydroxyl groups is 1. The second kappa shape index (κ2) is 6.10. The van der Waals surface area contributed by atoms with Crippen molar-refractivity contribution in [1.82, 2.24) is 15.0 Å². The van der Waals surface area contributed by atoms with Crippen LogP contribution >= 0.6 is 0 Å². The average Bonchev–Trinajstić information content (AvgIpc) is 2.73. The molecule has 0 radical (unpaired) electrons. The van der Waals surface area contributed by atoms with Gasteiger partial charge in [0, 0.05) is 34.7 Å². The lowest BCUT2D eigenvalue weighted by molar-refractivity contribution is 0.480. The molecule has 0 aliphatic heterocycles. The molecule has 1 N–H and O–H groups in total. The van der Waals surface area contributed by atoms with E-state index in [0.29, 0.717) is 11.2 Å². The van der Waals surface area contributed by atoms with E-state index >= 15 is 0 Å². The number of fused-ring (bicyclic) bond motifs is 4. The molecule has 0 saturated carbocycles. The highest BCUT2D eigenvalue weighted by Gasteiger charge is 2.08. The van der Waals surface area contributed by atoms with Crippen LogP contribution in [-0.2, 0) is 0 Å². The highest BCUT2D eigenvalue weighted by molar-refractivity contribution is 6.07. The zero-order chi connectivity index (χ0) is 18.2. The molecule has 2 aromatic carbocycles. The Morgan fingerprint density at radius 3 is 2.19 bits per heavy atom. The molecule has 5 rings (SSSR count). The molecule has 128 valence electrons. The third-order valence-corrected chi connectivity index (χ3v) is 4.46. The van der Waals surface area contributed by atoms with E-state index in [4.69, 9.17) is 0 Å². The lowest BCUT2D eigenvalue weighted by Gasteiger charge is -2.05. The molecule has 0 spiro atoms. The molecule has 0 fully saturated rings. The van der Waals surface area contributed by atoms with E-state index < -0.39 is 0 Å². The number of hydrogen-bond acceptors (Lipinski definition) is 6. The Kier molecular flexibility index (Phi) is 3.47. The van der Waals surface area contributed by atoms with Gasteiger partial charge in [-0.25, -0.2) is 0 Å². The summed E-state index contributed by atoms with van der Waals surface area (Å²) in [4.78, 5) is 13.1. The molecule has 0 aliphatic carbocycles. The van der Waals surface area contributed by atoms with E-state index in [2.05, 4.69) is 25.2 Å². The molecule has 0 saturated heterocycles. The van der Waals surface area contributed by atoms with Gasteiger partial charge in [0.2, 0.25) is 0 Å². The van der Waals surface area contributed by atoms with E-state index in [1.165, 1.54) is 0 Å². The van der Waals surface area contributed by atoms with Gasteiger partial charge in [0.1, 0.15) is 11.3 Å². The number of nitrogens with zero attached hydrogens (tertiary/aromatic N) is 5. The average molecular weight is 351 g/mol. The normalized spacial score (nSPS) is 11.7. The Balaban J connectivity index is 1.67. The van der Waals surface area contributed by atoms with Crippen molar-refractivity contribution in [3.8, 4) is 5.75 Å². The molecule has 0 bridgehead atoms. The van der Waals surface area contributed by atoms with Crippen molar-refractivity contribution in [2.24, 2.45) is 10.2 Å². The molecular formula is C21H13N5O. The summed E-state index contributed by atoms with van der Waals surface area (Å²) in [5.41, 5.74) is 3.60. The molecular weight excluding hydrogens is 338 g/mol. The first-order chi connectivity index (χ1) is 13.3. The largest absolute Gasteiger partial charge is 0.506 e. The van der Waals surface area contributed by atoms with E-state index in [1.807, 2.05) is 42.5 Å². The van der Waals surface area contributed by atoms with Crippen molar-refractivity contribution in [2.45, 2.75) is 0 Å². The van der Waals surface area contributed by atoms with Gasteiger partial charge in [-0.1, -0.05) is 0 Å². The smallest absolute Gasteiger partial charge is 0.141 e. The standard InChI is InChI=1S/C21H13N5O/c27-19-8-7-17(14-4-2-11-23-21(14)19)25-26-18-9-12-24-20-13-3-1-10-22-16(13)6-5-15(18)20/h1-12,27H. The predicted molar refractivity (Wildman–Crippen MR) is 105 cm³/mol. The molecule has 0 amide bonds. The minimum absolute atomic E-state index is 0.123. The first-order valence-electron chi connectivity index (χ1n) is 8.42. The van der Waals surface area contributed by atoms with Crippen molar-refractivity contribution in [3.63, 3.8) is 0 Å². The van der Waals surface area contributed by atoms with E-state index in [1.54, 1.807) is 30.7 Å². The predicted octanol–water partition coefficient (Wildman–Crippen LogP) is 5.45. The molecule has 5 aromatic rings. The summed E-state index contributed by atoms with van der Waals surface area (Å²) in [6, 6.07) is 16.6. The van der Waals surface area contributed by atoms with Crippen LogP contribution in [0.3, 0.4) is 0 Å². The second-order valence-electron chi connectivity index (χ2n) is 6.07. The van der Waals surface area contributed by atoms with Gasteiger partial charge in [-0.2, -0.15) is 0 Å². The van der Waals surface area contributed by atoms with E-state index in [9.17, 15) is 5.11 Å². The van der Waals surface area contributed by atoms with Crippen LogP contribution in [0.2, 0.25) is 0 Å². The molecule has 3 heterocycles. The van der Waals surface area contributed by atoms with Gasteiger partial charge in [-0.3, -0.25) is 15.0 Å². The summed E-state index contributed by atoms with van der Waals surface area (Å²) in [6.07, 6.45) is 5.12. The number of hydrogen-bond donors (Lipinski definition) is 1. The number of phenolic OH excluding ortho intramolecular Hbond substituents is 1. The zero-order valence-corrected chi connectivity index (χ0v) is 14.1. The van der Waals surface area contributed by atoms with Crippen LogP contribution in [0.1, 0.15) is 0 Å². The van der Waals surface area contributed by atoms with Crippen molar-refractivity contribution >= 4 is 44.1 Å². The quantitative estimate of drug-likeness (QED) is 0.338. The van der Waals surface area contributed by atoms with Crippen LogP contribution in [-0.4, -0.2) is 20.1 Å². The van der Waals surface area contributed by atoms with Gasteiger partial charge in [0.15, 0.2) is 0 Å². The first-order valence-corrected chi connectivity index (χ1v) is 8.42. The number of phenols is 1. The SMILES string of the molecule is Oc1ccc(N=Nc2ccnc3c2ccc2ncccc23)c2cccnc12. The number of azo groups is 1. The number of aromatic nitrogens is 3. The van der Waals surface area contributed by atoms with Gasteiger partial charge in [-0.05, 0) is 54.6 Å². The van der Waals surface area contributed by atoms with Crippen molar-refractivity contribution in [3.05, 3.63) is 73.2 Å². The summed E-state index contributed by atoms with van der Waals surface area (Å²) < 4.78 is 0. The summed E-state index contributed by atoms with van der Waals surface area (Å²) in [5.74, 6) is 0.123. The van der Waals surface area contributed by atoms with Gasteiger partial charge in [0.25, 0.3) is 0 Å². The van der Waals surface area contributed by atoms with Gasteiger partial charge < -0.3 is 5.11 Å². The van der Waals surface area contributed by atoms with Gasteiger partial charge in [0.05, 0.1) is 22.4 Å². The number of benzene rings is 2. The number of pyridine rings is 3. The zero-order valence-electron chi connectivity index (χ0n) is 14.1. The van der Waals surface area contributed by atoms with Crippen LogP contribution in [0.4, 0.5) is 11.4 Å². The van der Waals surface area contributed by atoms with Crippen LogP contribution in [0.15, 0.2) is 83.4 Å². The maximum atomic E-state index is 9.97. The lowest BCUT2D eigenvalue weighted by atomic mass is 10.1. The third kappa shape index (κ3) is 2.55. The highest BCUT2D eigenvalue weighted by atomic mass is 16.3. The third-order valence-electron chi connectivity index (χ3n) is 4.46. The fourth-order valence-corrected chi connectivity index (χ4v) is 3.18. The van der Waals surface area contributed by atoms with Gasteiger partial charge in [-0.15, -0.1) is 10.2 Å². The molecule has 6 heteroatoms. The highest BCUT2D eigenvalue weighted by Crippen LogP contribution is 2.34. The molecule has 0 atom stereocenters. The fourth-order valence-electron chi connectivity index (χ4n) is 3.18. The Morgan fingerprint density at radius 2 is 1.30 bits per heavy atom. The monoisotopic (exact) mass is 351 g/mol. The van der Waals surface area contributed by atoms with E-state index in [-0.39, 0.29) is 5.75 Å². The van der Waals surface area contributed by atoms with E-state index in [0.717, 1.165) is 32.9 Å². The minimum atomic E-state index is 0.123. The van der Waals surface area contributed by atoms with Crippen LogP contribution in [0.25, 0.3) is 32.7 Å². The maximum Gasteiger partial charge on any atom is 0.141 e. The Labute approximate surface area is 153 Å². The van der Waals surface area contributed by atoms with Crippen LogP contribution in [0.5, 0.6) is 5.75 Å². The molecule has 6 nitrogen and oxygen atoms in total. The Bertz CT molecular complexity index is 1350. The van der Waals surface area contributed by atoms with Crippen molar-refractivity contribution in [1.29, 1.82) is 0 Å². The van der Waals surface area contributed by atoms with Gasteiger partial charge >= 0.3 is 0 Å². The number of rotatable bonds is 2. The molecule has 0 aliphatic rings. The maximum absolute atomic E-state index is 9.97. The Morgan fingerprint density at radius 1 is 0.593 bits per heavy atom. The second-order valence-corrected chi connectivity index (χ2v) is 6.07. The van der Waals surface area contributed by atoms with Crippen molar-refractivity contribution in [2.75, 3.05) is 0 Å². The molecule has 3 aromatic heterocycles. The minimum Gasteiger partial charge on any atom is -0.506 e. The summed E-state index contributed by atoms with van der Waals surface area (Å²) in [5, 5.41) is 21.5. The molecule has 27 heavy (non-hydrogen) atoms. The first kappa shape index (κ1) is 15.3. The lowest BCUT2D eigenvalue weighted by Crippen LogP contribution is -1.84. The Hall–Kier alpha value is -3.93. The summed E-state index contributed by atoms with van der Waals surface area (Å²) >= 11 is 0. The van der Waals surface area contributed by atoms with Crippen LogP contribution in [0, 0.1) is 0 Å². The fraction of sp³-hybridized carbons (Fsp3) is 0. The summed E-state index contributed by atoms with van der Waals surface area (Å²) in [6.45, 7) is 0. The van der Waals surface area contributed by atoms with Crippen molar-refractivity contribution < 1.29 is 5.11 Å². The molecule has 0 unspecified atom stereocenters. The summed E-state index contributed by atoms with van der Waals surface area (Å²) in [7, 11) is 0. The topological polar surface area (TPSA) is 83.6 Å².